The largest absolute Gasteiger partial charge is 0.494 e. The van der Waals surface area contributed by atoms with Gasteiger partial charge in [0.15, 0.2) is 0 Å². The van der Waals surface area contributed by atoms with Crippen LogP contribution in [0.1, 0.15) is 30.9 Å². The van der Waals surface area contributed by atoms with Crippen molar-refractivity contribution in [3.05, 3.63) is 63.6 Å². The van der Waals surface area contributed by atoms with Gasteiger partial charge in [-0.25, -0.2) is 0 Å². The first-order valence-corrected chi connectivity index (χ1v) is 10.5. The molecule has 0 radical (unpaired) electrons. The minimum Gasteiger partial charge on any atom is -0.494 e. The SMILES string of the molecule is CCOc1cccc(CNC(=O)C2CCN(Cc3c(Cl)cccc3Cl)CC2)c1. The minimum absolute atomic E-state index is 0.0491. The Kier molecular flexibility index (Phi) is 7.60. The van der Waals surface area contributed by atoms with Gasteiger partial charge in [-0.05, 0) is 62.7 Å². The van der Waals surface area contributed by atoms with E-state index in [0.717, 1.165) is 49.4 Å². The number of nitrogens with zero attached hydrogens (tertiary/aromatic N) is 1. The second kappa shape index (κ2) is 10.1. The monoisotopic (exact) mass is 420 g/mol. The van der Waals surface area contributed by atoms with E-state index in [9.17, 15) is 4.79 Å². The Morgan fingerprint density at radius 1 is 1.14 bits per heavy atom. The summed E-state index contributed by atoms with van der Waals surface area (Å²) >= 11 is 12.5. The van der Waals surface area contributed by atoms with Crippen molar-refractivity contribution in [2.45, 2.75) is 32.9 Å². The fraction of sp³-hybridized carbons (Fsp3) is 0.409. The van der Waals surface area contributed by atoms with Crippen molar-refractivity contribution in [3.8, 4) is 5.75 Å². The van der Waals surface area contributed by atoms with Crippen LogP contribution >= 0.6 is 23.2 Å². The molecule has 1 aliphatic rings. The summed E-state index contributed by atoms with van der Waals surface area (Å²) in [6.07, 6.45) is 1.68. The molecule has 0 atom stereocenters. The normalized spacial score (nSPS) is 15.4. The quantitative estimate of drug-likeness (QED) is 0.690. The number of piperidine rings is 1. The molecule has 3 rings (SSSR count). The third kappa shape index (κ3) is 5.63. The van der Waals surface area contributed by atoms with E-state index in [-0.39, 0.29) is 11.8 Å². The number of hydrogen-bond acceptors (Lipinski definition) is 3. The first-order chi connectivity index (χ1) is 13.6. The molecular weight excluding hydrogens is 395 g/mol. The van der Waals surface area contributed by atoms with Gasteiger partial charge in [0.1, 0.15) is 5.75 Å². The number of benzene rings is 2. The smallest absolute Gasteiger partial charge is 0.223 e. The Balaban J connectivity index is 1.47. The molecule has 1 amide bonds. The number of rotatable bonds is 7. The molecule has 2 aromatic carbocycles. The highest BCUT2D eigenvalue weighted by Gasteiger charge is 2.25. The molecular formula is C22H26Cl2N2O2. The van der Waals surface area contributed by atoms with Crippen LogP contribution in [0.3, 0.4) is 0 Å². The van der Waals surface area contributed by atoms with Gasteiger partial charge in [0, 0.05) is 34.6 Å². The van der Waals surface area contributed by atoms with Crippen LogP contribution in [0.4, 0.5) is 0 Å². The molecule has 0 saturated carbocycles. The average molecular weight is 421 g/mol. The number of amides is 1. The van der Waals surface area contributed by atoms with Gasteiger partial charge in [-0.3, -0.25) is 9.69 Å². The molecule has 0 bridgehead atoms. The maximum atomic E-state index is 12.6. The van der Waals surface area contributed by atoms with Gasteiger partial charge in [-0.1, -0.05) is 41.4 Å². The molecule has 1 N–H and O–H groups in total. The number of carbonyl (C=O) groups excluding carboxylic acids is 1. The van der Waals surface area contributed by atoms with Crippen LogP contribution in [0.15, 0.2) is 42.5 Å². The second-order valence-corrected chi connectivity index (χ2v) is 7.86. The summed E-state index contributed by atoms with van der Waals surface area (Å²) in [5.41, 5.74) is 2.01. The van der Waals surface area contributed by atoms with E-state index >= 15 is 0 Å². The Morgan fingerprint density at radius 3 is 2.50 bits per heavy atom. The standard InChI is InChI=1S/C22H26Cl2N2O2/c1-2-28-18-6-3-5-16(13-18)14-25-22(27)17-9-11-26(12-10-17)15-19-20(23)7-4-8-21(19)24/h3-8,13,17H,2,9-12,14-15H2,1H3,(H,25,27). The van der Waals surface area contributed by atoms with Crippen LogP contribution in [-0.4, -0.2) is 30.5 Å². The zero-order valence-electron chi connectivity index (χ0n) is 16.1. The van der Waals surface area contributed by atoms with Crippen molar-refractivity contribution in [3.63, 3.8) is 0 Å². The van der Waals surface area contributed by atoms with Crippen molar-refractivity contribution in [1.82, 2.24) is 10.2 Å². The molecule has 28 heavy (non-hydrogen) atoms. The Morgan fingerprint density at radius 2 is 1.82 bits per heavy atom. The lowest BCUT2D eigenvalue weighted by Gasteiger charge is -2.31. The van der Waals surface area contributed by atoms with Crippen LogP contribution < -0.4 is 10.1 Å². The highest BCUT2D eigenvalue weighted by Crippen LogP contribution is 2.27. The average Bonchev–Trinajstić information content (AvgIpc) is 2.70. The molecule has 4 nitrogen and oxygen atoms in total. The number of carbonyl (C=O) groups is 1. The van der Waals surface area contributed by atoms with Gasteiger partial charge in [0.05, 0.1) is 6.61 Å². The number of hydrogen-bond donors (Lipinski definition) is 1. The Labute approximate surface area is 176 Å². The van der Waals surface area contributed by atoms with Gasteiger partial charge >= 0.3 is 0 Å². The van der Waals surface area contributed by atoms with Crippen LogP contribution in [0.5, 0.6) is 5.75 Å². The van der Waals surface area contributed by atoms with E-state index in [1.165, 1.54) is 0 Å². The topological polar surface area (TPSA) is 41.6 Å². The highest BCUT2D eigenvalue weighted by molar-refractivity contribution is 6.35. The van der Waals surface area contributed by atoms with Crippen LogP contribution in [0, 0.1) is 5.92 Å². The third-order valence-corrected chi connectivity index (χ3v) is 5.79. The van der Waals surface area contributed by atoms with E-state index < -0.39 is 0 Å². The van der Waals surface area contributed by atoms with Crippen molar-refractivity contribution >= 4 is 29.1 Å². The molecule has 0 spiro atoms. The summed E-state index contributed by atoms with van der Waals surface area (Å²) < 4.78 is 5.51. The van der Waals surface area contributed by atoms with E-state index in [1.54, 1.807) is 0 Å². The third-order valence-electron chi connectivity index (χ3n) is 5.08. The maximum Gasteiger partial charge on any atom is 0.223 e. The van der Waals surface area contributed by atoms with E-state index in [1.807, 2.05) is 49.4 Å². The lowest BCUT2D eigenvalue weighted by Crippen LogP contribution is -2.40. The van der Waals surface area contributed by atoms with Crippen LogP contribution in [-0.2, 0) is 17.9 Å². The number of ether oxygens (including phenoxy) is 1. The Bertz CT molecular complexity index is 785. The van der Waals surface area contributed by atoms with Gasteiger partial charge in [-0.2, -0.15) is 0 Å². The minimum atomic E-state index is 0.0491. The van der Waals surface area contributed by atoms with Crippen LogP contribution in [0.2, 0.25) is 10.0 Å². The van der Waals surface area contributed by atoms with Crippen molar-refractivity contribution in [2.24, 2.45) is 5.92 Å². The summed E-state index contributed by atoms with van der Waals surface area (Å²) in [5.74, 6) is 1.01. The molecule has 0 unspecified atom stereocenters. The summed E-state index contributed by atoms with van der Waals surface area (Å²) in [4.78, 5) is 14.9. The van der Waals surface area contributed by atoms with E-state index in [2.05, 4.69) is 10.2 Å². The van der Waals surface area contributed by atoms with Gasteiger partial charge < -0.3 is 10.1 Å². The molecule has 1 fully saturated rings. The number of halogens is 2. The fourth-order valence-electron chi connectivity index (χ4n) is 3.51. The molecule has 2 aromatic rings. The number of likely N-dealkylation sites (tertiary alicyclic amines) is 1. The summed E-state index contributed by atoms with van der Waals surface area (Å²) in [5, 5.41) is 4.46. The van der Waals surface area contributed by atoms with Crippen molar-refractivity contribution < 1.29 is 9.53 Å². The molecule has 0 aromatic heterocycles. The molecule has 150 valence electrons. The molecule has 1 saturated heterocycles. The molecule has 6 heteroatoms. The van der Waals surface area contributed by atoms with E-state index in [4.69, 9.17) is 27.9 Å². The Hall–Kier alpha value is -1.75. The zero-order chi connectivity index (χ0) is 19.9. The van der Waals surface area contributed by atoms with Crippen molar-refractivity contribution in [1.29, 1.82) is 0 Å². The first kappa shape index (κ1) is 21.0. The van der Waals surface area contributed by atoms with Gasteiger partial charge in [-0.15, -0.1) is 0 Å². The van der Waals surface area contributed by atoms with Gasteiger partial charge in [0.25, 0.3) is 0 Å². The van der Waals surface area contributed by atoms with Gasteiger partial charge in [0.2, 0.25) is 5.91 Å². The highest BCUT2D eigenvalue weighted by atomic mass is 35.5. The lowest BCUT2D eigenvalue weighted by atomic mass is 9.95. The fourth-order valence-corrected chi connectivity index (χ4v) is 4.02. The summed E-state index contributed by atoms with van der Waals surface area (Å²) in [6.45, 7) is 5.56. The molecule has 1 heterocycles. The molecule has 1 aliphatic heterocycles. The predicted molar refractivity (Wildman–Crippen MR) is 114 cm³/mol. The first-order valence-electron chi connectivity index (χ1n) is 9.71. The maximum absolute atomic E-state index is 12.6. The van der Waals surface area contributed by atoms with Crippen molar-refractivity contribution in [2.75, 3.05) is 19.7 Å². The lowest BCUT2D eigenvalue weighted by molar-refractivity contribution is -0.126. The second-order valence-electron chi connectivity index (χ2n) is 7.05. The molecule has 0 aliphatic carbocycles. The summed E-state index contributed by atoms with van der Waals surface area (Å²) in [6, 6.07) is 13.4. The zero-order valence-corrected chi connectivity index (χ0v) is 17.6. The van der Waals surface area contributed by atoms with E-state index in [0.29, 0.717) is 23.2 Å². The van der Waals surface area contributed by atoms with Crippen LogP contribution in [0.25, 0.3) is 0 Å². The summed E-state index contributed by atoms with van der Waals surface area (Å²) in [7, 11) is 0. The number of nitrogens with one attached hydrogen (secondary N) is 1. The predicted octanol–water partition coefficient (Wildman–Crippen LogP) is 4.92.